The maximum atomic E-state index is 11.8. The van der Waals surface area contributed by atoms with Gasteiger partial charge in [-0.3, -0.25) is 4.79 Å². The smallest absolute Gasteiger partial charge is 0.239 e. The molecule has 4 nitrogen and oxygen atoms in total. The lowest BCUT2D eigenvalue weighted by Gasteiger charge is -2.20. The number of carbonyl (C=O) groups excluding carboxylic acids is 1. The van der Waals surface area contributed by atoms with Gasteiger partial charge in [0.05, 0.1) is 12.1 Å². The molecule has 3 unspecified atom stereocenters. The van der Waals surface area contributed by atoms with Gasteiger partial charge in [0, 0.05) is 19.0 Å². The van der Waals surface area contributed by atoms with Crippen molar-refractivity contribution in [1.29, 1.82) is 0 Å². The minimum absolute atomic E-state index is 0.0296. The highest BCUT2D eigenvalue weighted by molar-refractivity contribution is 5.82. The number of nitrogens with zero attached hydrogens (tertiary/aromatic N) is 1. The van der Waals surface area contributed by atoms with E-state index in [2.05, 4.69) is 6.58 Å². The number of hydrogen-bond donors (Lipinski definition) is 2. The quantitative estimate of drug-likeness (QED) is 0.650. The molecular weight excluding hydrogens is 192 g/mol. The first kappa shape index (κ1) is 12.2. The van der Waals surface area contributed by atoms with Crippen molar-refractivity contribution >= 4 is 5.91 Å². The Morgan fingerprint density at radius 3 is 2.93 bits per heavy atom. The molecule has 3 atom stereocenters. The second kappa shape index (κ2) is 5.28. The first-order valence-electron chi connectivity index (χ1n) is 5.39. The van der Waals surface area contributed by atoms with Crippen LogP contribution in [-0.2, 0) is 4.79 Å². The molecule has 0 aromatic heterocycles. The Bertz CT molecular complexity index is 241. The Balaban J connectivity index is 2.46. The maximum absolute atomic E-state index is 11.8. The third-order valence-electron chi connectivity index (χ3n) is 2.96. The second-order valence-electron chi connectivity index (χ2n) is 4.20. The monoisotopic (exact) mass is 212 g/mol. The zero-order chi connectivity index (χ0) is 11.4. The van der Waals surface area contributed by atoms with Gasteiger partial charge in [0.25, 0.3) is 0 Å². The molecule has 15 heavy (non-hydrogen) atoms. The average molecular weight is 212 g/mol. The van der Waals surface area contributed by atoms with Crippen LogP contribution < -0.4 is 5.73 Å². The number of carbonyl (C=O) groups is 1. The van der Waals surface area contributed by atoms with Crippen LogP contribution in [0.3, 0.4) is 0 Å². The number of likely N-dealkylation sites (tertiary alicyclic amines) is 1. The van der Waals surface area contributed by atoms with Crippen LogP contribution in [0.2, 0.25) is 0 Å². The summed E-state index contributed by atoms with van der Waals surface area (Å²) in [7, 11) is 0. The summed E-state index contributed by atoms with van der Waals surface area (Å²) >= 11 is 0. The number of amides is 1. The van der Waals surface area contributed by atoms with E-state index in [-0.39, 0.29) is 17.9 Å². The van der Waals surface area contributed by atoms with Gasteiger partial charge in [0.15, 0.2) is 0 Å². The SMILES string of the molecule is C=CCC(N)C(=O)N1CCC(C(C)O)C1. The van der Waals surface area contributed by atoms with Crippen LogP contribution in [0.4, 0.5) is 0 Å². The Hall–Kier alpha value is -0.870. The van der Waals surface area contributed by atoms with Gasteiger partial charge in [-0.1, -0.05) is 6.08 Å². The van der Waals surface area contributed by atoms with E-state index in [0.29, 0.717) is 19.5 Å². The van der Waals surface area contributed by atoms with Gasteiger partial charge in [0.2, 0.25) is 5.91 Å². The van der Waals surface area contributed by atoms with Crippen molar-refractivity contribution in [3.8, 4) is 0 Å². The molecule has 0 aliphatic carbocycles. The highest BCUT2D eigenvalue weighted by atomic mass is 16.3. The lowest BCUT2D eigenvalue weighted by molar-refractivity contribution is -0.131. The van der Waals surface area contributed by atoms with Crippen LogP contribution in [0, 0.1) is 5.92 Å². The molecule has 3 N–H and O–H groups in total. The second-order valence-corrected chi connectivity index (χ2v) is 4.20. The van der Waals surface area contributed by atoms with Crippen LogP contribution in [-0.4, -0.2) is 41.1 Å². The summed E-state index contributed by atoms with van der Waals surface area (Å²) in [4.78, 5) is 13.5. The first-order valence-corrected chi connectivity index (χ1v) is 5.39. The summed E-state index contributed by atoms with van der Waals surface area (Å²) < 4.78 is 0. The Morgan fingerprint density at radius 1 is 1.80 bits per heavy atom. The van der Waals surface area contributed by atoms with E-state index in [1.54, 1.807) is 17.9 Å². The Morgan fingerprint density at radius 2 is 2.47 bits per heavy atom. The summed E-state index contributed by atoms with van der Waals surface area (Å²) in [5.74, 6) is 0.169. The first-order chi connectivity index (χ1) is 7.06. The lowest BCUT2D eigenvalue weighted by Crippen LogP contribution is -2.42. The number of aliphatic hydroxyl groups excluding tert-OH is 1. The van der Waals surface area contributed by atoms with E-state index in [9.17, 15) is 9.90 Å². The van der Waals surface area contributed by atoms with Crippen molar-refractivity contribution in [1.82, 2.24) is 4.90 Å². The molecule has 1 aliphatic rings. The van der Waals surface area contributed by atoms with Gasteiger partial charge in [-0.05, 0) is 19.8 Å². The molecule has 4 heteroatoms. The van der Waals surface area contributed by atoms with Gasteiger partial charge >= 0.3 is 0 Å². The van der Waals surface area contributed by atoms with Crippen molar-refractivity contribution < 1.29 is 9.90 Å². The lowest BCUT2D eigenvalue weighted by atomic mass is 10.0. The molecule has 0 saturated carbocycles. The predicted octanol–water partition coefficient (Wildman–Crippen LogP) is 0.119. The van der Waals surface area contributed by atoms with Gasteiger partial charge in [-0.25, -0.2) is 0 Å². The summed E-state index contributed by atoms with van der Waals surface area (Å²) in [5, 5.41) is 9.41. The highest BCUT2D eigenvalue weighted by Crippen LogP contribution is 2.20. The third-order valence-corrected chi connectivity index (χ3v) is 2.96. The number of aliphatic hydroxyl groups is 1. The molecular formula is C11H20N2O2. The molecule has 0 bridgehead atoms. The van der Waals surface area contributed by atoms with Crippen LogP contribution in [0.25, 0.3) is 0 Å². The maximum Gasteiger partial charge on any atom is 0.239 e. The zero-order valence-electron chi connectivity index (χ0n) is 9.22. The summed E-state index contributed by atoms with van der Waals surface area (Å²) in [6.45, 7) is 6.66. The van der Waals surface area contributed by atoms with Crippen LogP contribution in [0.1, 0.15) is 19.8 Å². The number of nitrogens with two attached hydrogens (primary N) is 1. The van der Waals surface area contributed by atoms with Gasteiger partial charge in [0.1, 0.15) is 0 Å². The summed E-state index contributed by atoms with van der Waals surface area (Å²) in [5.41, 5.74) is 5.70. The fourth-order valence-corrected chi connectivity index (χ4v) is 1.90. The molecule has 0 radical (unpaired) electrons. The van der Waals surface area contributed by atoms with Crippen LogP contribution >= 0.6 is 0 Å². The number of rotatable bonds is 4. The third kappa shape index (κ3) is 3.04. The van der Waals surface area contributed by atoms with Gasteiger partial charge in [-0.2, -0.15) is 0 Å². The average Bonchev–Trinajstić information content (AvgIpc) is 2.65. The number of hydrogen-bond acceptors (Lipinski definition) is 3. The van der Waals surface area contributed by atoms with E-state index in [1.165, 1.54) is 0 Å². The van der Waals surface area contributed by atoms with Crippen molar-refractivity contribution in [3.05, 3.63) is 12.7 Å². The molecule has 1 saturated heterocycles. The standard InChI is InChI=1S/C11H20N2O2/c1-3-4-10(12)11(15)13-6-5-9(7-13)8(2)14/h3,8-10,14H,1,4-7,12H2,2H3. The van der Waals surface area contributed by atoms with E-state index >= 15 is 0 Å². The molecule has 86 valence electrons. The normalized spacial score (nSPS) is 25.0. The van der Waals surface area contributed by atoms with Crippen LogP contribution in [0.15, 0.2) is 12.7 Å². The Labute approximate surface area is 90.7 Å². The molecule has 0 spiro atoms. The van der Waals surface area contributed by atoms with E-state index < -0.39 is 6.04 Å². The summed E-state index contributed by atoms with van der Waals surface area (Å²) in [6, 6.07) is -0.477. The van der Waals surface area contributed by atoms with Gasteiger partial charge < -0.3 is 15.7 Å². The molecule has 0 aromatic rings. The largest absolute Gasteiger partial charge is 0.393 e. The molecule has 1 rings (SSSR count). The van der Waals surface area contributed by atoms with E-state index in [0.717, 1.165) is 6.42 Å². The minimum atomic E-state index is -0.477. The van der Waals surface area contributed by atoms with Crippen LogP contribution in [0.5, 0.6) is 0 Å². The van der Waals surface area contributed by atoms with E-state index in [4.69, 9.17) is 5.73 Å². The highest BCUT2D eigenvalue weighted by Gasteiger charge is 2.30. The topological polar surface area (TPSA) is 66.6 Å². The van der Waals surface area contributed by atoms with Crippen molar-refractivity contribution in [2.24, 2.45) is 11.7 Å². The minimum Gasteiger partial charge on any atom is -0.393 e. The van der Waals surface area contributed by atoms with Gasteiger partial charge in [-0.15, -0.1) is 6.58 Å². The fourth-order valence-electron chi connectivity index (χ4n) is 1.90. The van der Waals surface area contributed by atoms with Crippen molar-refractivity contribution in [2.45, 2.75) is 31.9 Å². The molecule has 1 heterocycles. The molecule has 1 aliphatic heterocycles. The van der Waals surface area contributed by atoms with Crippen molar-refractivity contribution in [3.63, 3.8) is 0 Å². The van der Waals surface area contributed by atoms with Crippen molar-refractivity contribution in [2.75, 3.05) is 13.1 Å². The molecule has 1 fully saturated rings. The summed E-state index contributed by atoms with van der Waals surface area (Å²) in [6.07, 6.45) is 2.68. The fraction of sp³-hybridized carbons (Fsp3) is 0.727. The van der Waals surface area contributed by atoms with E-state index in [1.807, 2.05) is 0 Å². The zero-order valence-corrected chi connectivity index (χ0v) is 9.22. The molecule has 0 aromatic carbocycles. The molecule has 1 amide bonds. The predicted molar refractivity (Wildman–Crippen MR) is 59.2 cm³/mol. The Kier molecular flexibility index (Phi) is 4.29.